The van der Waals surface area contributed by atoms with Gasteiger partial charge in [-0.05, 0) is 54.7 Å². The minimum Gasteiger partial charge on any atom is -0.489 e. The van der Waals surface area contributed by atoms with Gasteiger partial charge in [0.05, 0.1) is 6.61 Å². The van der Waals surface area contributed by atoms with Gasteiger partial charge in [0, 0.05) is 11.1 Å². The first-order chi connectivity index (χ1) is 15.4. The molecule has 0 bridgehead atoms. The van der Waals surface area contributed by atoms with Gasteiger partial charge in [-0.2, -0.15) is 0 Å². The number of rotatable bonds is 11. The molecule has 0 aromatic heterocycles. The number of benzene rings is 3. The zero-order chi connectivity index (χ0) is 23.0. The molecule has 0 aliphatic rings. The summed E-state index contributed by atoms with van der Waals surface area (Å²) in [5, 5.41) is 18.9. The Hall–Kier alpha value is -3.06. The average Bonchev–Trinajstić information content (AvgIpc) is 2.80. The first-order valence-electron chi connectivity index (χ1n) is 10.3. The lowest BCUT2D eigenvalue weighted by atomic mass is 9.93. The van der Waals surface area contributed by atoms with Crippen molar-refractivity contribution in [2.45, 2.75) is 31.4 Å². The fraction of sp³-hybridized carbons (Fsp3) is 0.240. The van der Waals surface area contributed by atoms with E-state index in [0.717, 1.165) is 11.1 Å². The molecule has 0 heterocycles. The number of carboxylic acid groups (broad SMARTS) is 1. The van der Waals surface area contributed by atoms with Gasteiger partial charge in [0.2, 0.25) is 0 Å². The van der Waals surface area contributed by atoms with E-state index >= 15 is 0 Å². The normalized spacial score (nSPS) is 12.7. The summed E-state index contributed by atoms with van der Waals surface area (Å²) >= 11 is 6.39. The molecule has 1 atom stereocenters. The molecular formula is C25H26ClNO5. The first kappa shape index (κ1) is 23.6. The Morgan fingerprint density at radius 1 is 0.969 bits per heavy atom. The molecular weight excluding hydrogens is 430 g/mol. The second-order valence-electron chi connectivity index (χ2n) is 7.58. The summed E-state index contributed by atoms with van der Waals surface area (Å²) in [4.78, 5) is 11.2. The van der Waals surface area contributed by atoms with Crippen LogP contribution in [0.2, 0.25) is 5.02 Å². The van der Waals surface area contributed by atoms with Crippen LogP contribution in [0.3, 0.4) is 0 Å². The Morgan fingerprint density at radius 3 is 2.38 bits per heavy atom. The number of halogens is 1. The van der Waals surface area contributed by atoms with Crippen molar-refractivity contribution in [1.82, 2.24) is 0 Å². The van der Waals surface area contributed by atoms with Crippen LogP contribution in [0.4, 0.5) is 0 Å². The zero-order valence-electron chi connectivity index (χ0n) is 17.5. The van der Waals surface area contributed by atoms with Crippen LogP contribution in [-0.4, -0.2) is 28.3 Å². The number of nitrogens with two attached hydrogens (primary N) is 1. The number of hydrogen-bond donors (Lipinski definition) is 3. The van der Waals surface area contributed by atoms with Crippen LogP contribution in [0, 0.1) is 0 Å². The molecule has 0 aliphatic carbocycles. The van der Waals surface area contributed by atoms with Gasteiger partial charge in [-0.3, -0.25) is 4.79 Å². The number of aryl methyl sites for hydroxylation is 1. The lowest BCUT2D eigenvalue weighted by Crippen LogP contribution is -2.51. The second kappa shape index (κ2) is 11.0. The lowest BCUT2D eigenvalue weighted by Gasteiger charge is -2.21. The predicted octanol–water partition coefficient (Wildman–Crippen LogP) is 4.81. The van der Waals surface area contributed by atoms with Crippen molar-refractivity contribution in [3.8, 4) is 17.2 Å². The number of aliphatic hydroxyl groups excluding tert-OH is 1. The van der Waals surface area contributed by atoms with Gasteiger partial charge >= 0.3 is 5.97 Å². The highest BCUT2D eigenvalue weighted by Gasteiger charge is 2.32. The molecule has 3 aromatic rings. The summed E-state index contributed by atoms with van der Waals surface area (Å²) in [5.74, 6) is 0.677. The van der Waals surface area contributed by atoms with Crippen molar-refractivity contribution >= 4 is 17.6 Å². The molecule has 0 amide bonds. The Morgan fingerprint density at radius 2 is 1.69 bits per heavy atom. The number of ether oxygens (including phenoxy) is 2. The molecule has 0 aliphatic heterocycles. The van der Waals surface area contributed by atoms with E-state index in [1.165, 1.54) is 0 Å². The van der Waals surface area contributed by atoms with Gasteiger partial charge < -0.3 is 25.4 Å². The van der Waals surface area contributed by atoms with E-state index in [-0.39, 0.29) is 6.42 Å². The van der Waals surface area contributed by atoms with Gasteiger partial charge in [0.1, 0.15) is 29.4 Å². The van der Waals surface area contributed by atoms with Crippen LogP contribution in [0.15, 0.2) is 72.8 Å². The third-order valence-electron chi connectivity index (χ3n) is 5.09. The maximum Gasteiger partial charge on any atom is 0.326 e. The molecule has 3 aromatic carbocycles. The summed E-state index contributed by atoms with van der Waals surface area (Å²) in [6.07, 6.45) is 1.15. The topological polar surface area (TPSA) is 102 Å². The molecule has 0 radical (unpaired) electrons. The molecule has 0 fully saturated rings. The molecule has 168 valence electrons. The number of aliphatic hydroxyl groups is 1. The Balaban J connectivity index is 1.57. The van der Waals surface area contributed by atoms with Crippen LogP contribution in [0.25, 0.3) is 0 Å². The van der Waals surface area contributed by atoms with Crippen molar-refractivity contribution in [1.29, 1.82) is 0 Å². The van der Waals surface area contributed by atoms with Gasteiger partial charge in [-0.15, -0.1) is 0 Å². The van der Waals surface area contributed by atoms with E-state index in [1.54, 1.807) is 12.1 Å². The summed E-state index contributed by atoms with van der Waals surface area (Å²) in [6.45, 7) is -0.149. The molecule has 0 spiro atoms. The van der Waals surface area contributed by atoms with Crippen LogP contribution >= 0.6 is 11.6 Å². The van der Waals surface area contributed by atoms with Crippen molar-refractivity contribution < 1.29 is 24.5 Å². The second-order valence-corrected chi connectivity index (χ2v) is 7.98. The minimum absolute atomic E-state index is 0.142. The van der Waals surface area contributed by atoms with E-state index in [2.05, 4.69) is 0 Å². The molecule has 7 heteroatoms. The van der Waals surface area contributed by atoms with Crippen LogP contribution < -0.4 is 15.2 Å². The number of hydrogen-bond acceptors (Lipinski definition) is 5. The highest BCUT2D eigenvalue weighted by molar-refractivity contribution is 6.31. The maximum atomic E-state index is 11.2. The molecule has 32 heavy (non-hydrogen) atoms. The van der Waals surface area contributed by atoms with Gasteiger partial charge in [-0.1, -0.05) is 54.1 Å². The zero-order valence-corrected chi connectivity index (χ0v) is 18.3. The van der Waals surface area contributed by atoms with Crippen LogP contribution in [0.5, 0.6) is 17.2 Å². The van der Waals surface area contributed by atoms with Crippen molar-refractivity contribution in [2.75, 3.05) is 6.61 Å². The van der Waals surface area contributed by atoms with E-state index in [9.17, 15) is 9.90 Å². The largest absolute Gasteiger partial charge is 0.489 e. The van der Waals surface area contributed by atoms with Crippen LogP contribution in [0.1, 0.15) is 24.0 Å². The number of carbonyl (C=O) groups is 1. The van der Waals surface area contributed by atoms with E-state index < -0.39 is 18.1 Å². The number of aliphatic carboxylic acids is 1. The summed E-state index contributed by atoms with van der Waals surface area (Å²) in [5.41, 5.74) is 6.00. The standard InChI is InChI=1S/C25H26ClNO5/c26-23-15-22(12-11-19(23)8-5-13-25(27,17-28)24(29)30)32-21-10-4-9-20(14-21)31-16-18-6-2-1-3-7-18/h1-4,6-7,9-12,14-15,28H,5,8,13,16-17,27H2,(H,29,30). The van der Waals surface area contributed by atoms with E-state index in [4.69, 9.17) is 31.9 Å². The molecule has 6 nitrogen and oxygen atoms in total. The first-order valence-corrected chi connectivity index (χ1v) is 10.6. The van der Waals surface area contributed by atoms with Crippen molar-refractivity contribution in [3.05, 3.63) is 88.9 Å². The SMILES string of the molecule is NC(CO)(CCCc1ccc(Oc2cccc(OCc3ccccc3)c2)cc1Cl)C(=O)O. The average molecular weight is 456 g/mol. The Labute approximate surface area is 192 Å². The molecule has 3 rings (SSSR count). The molecule has 0 saturated heterocycles. The van der Waals surface area contributed by atoms with E-state index in [1.807, 2.05) is 60.7 Å². The lowest BCUT2D eigenvalue weighted by molar-refractivity contribution is -0.145. The minimum atomic E-state index is -1.64. The molecule has 0 saturated carbocycles. The summed E-state index contributed by atoms with van der Waals surface area (Å²) < 4.78 is 11.8. The predicted molar refractivity (Wildman–Crippen MR) is 123 cm³/mol. The smallest absolute Gasteiger partial charge is 0.326 e. The van der Waals surface area contributed by atoms with Gasteiger partial charge in [0.15, 0.2) is 0 Å². The molecule has 4 N–H and O–H groups in total. The highest BCUT2D eigenvalue weighted by atomic mass is 35.5. The quantitative estimate of drug-likeness (QED) is 0.383. The third-order valence-corrected chi connectivity index (χ3v) is 5.44. The van der Waals surface area contributed by atoms with Crippen LogP contribution in [-0.2, 0) is 17.8 Å². The van der Waals surface area contributed by atoms with Gasteiger partial charge in [0.25, 0.3) is 0 Å². The van der Waals surface area contributed by atoms with Crippen molar-refractivity contribution in [2.24, 2.45) is 5.73 Å². The summed E-state index contributed by atoms with van der Waals surface area (Å²) in [6, 6.07) is 22.6. The van der Waals surface area contributed by atoms with Crippen molar-refractivity contribution in [3.63, 3.8) is 0 Å². The van der Waals surface area contributed by atoms with Gasteiger partial charge in [-0.25, -0.2) is 0 Å². The van der Waals surface area contributed by atoms with E-state index in [0.29, 0.717) is 41.7 Å². The fourth-order valence-corrected chi connectivity index (χ4v) is 3.41. The maximum absolute atomic E-state index is 11.2. The fourth-order valence-electron chi connectivity index (χ4n) is 3.15. The Kier molecular flexibility index (Phi) is 8.11. The monoisotopic (exact) mass is 455 g/mol. The third kappa shape index (κ3) is 6.47. The number of carboxylic acids is 1. The molecule has 1 unspecified atom stereocenters. The summed E-state index contributed by atoms with van der Waals surface area (Å²) in [7, 11) is 0. The highest BCUT2D eigenvalue weighted by Crippen LogP contribution is 2.30. The Bertz CT molecular complexity index is 1040.